The Bertz CT molecular complexity index is 3030. The SMILES string of the molecule is [2H]c1c([2H])c([2H])c2c(-c3ccccc3-c3nc(-c4ccccc4)nc(-c4cccc(-c5ccc(-c6cccc7ccccc67)cc5)c4)n3)c([2H])c([2H])c([2H])c2c1[2H]. The van der Waals surface area contributed by atoms with E-state index >= 15 is 0 Å². The Balaban J connectivity index is 1.20. The molecule has 9 aromatic rings. The van der Waals surface area contributed by atoms with Gasteiger partial charge in [-0.25, -0.2) is 15.0 Å². The zero-order chi connectivity index (χ0) is 39.4. The Morgan fingerprint density at radius 1 is 0.320 bits per heavy atom. The molecule has 0 N–H and O–H groups in total. The van der Waals surface area contributed by atoms with Gasteiger partial charge in [-0.1, -0.05) is 182 Å². The quantitative estimate of drug-likeness (QED) is 0.181. The number of hydrogen-bond acceptors (Lipinski definition) is 3. The minimum absolute atomic E-state index is 0.00353. The smallest absolute Gasteiger partial charge is 0.164 e. The highest BCUT2D eigenvalue weighted by Crippen LogP contribution is 2.37. The molecular formula is C47H31N3. The van der Waals surface area contributed by atoms with Gasteiger partial charge in [-0.3, -0.25) is 0 Å². The van der Waals surface area contributed by atoms with Gasteiger partial charge in [-0.05, 0) is 61.0 Å². The Kier molecular flexibility index (Phi) is 5.80. The van der Waals surface area contributed by atoms with E-state index in [1.54, 1.807) is 24.3 Å². The first-order chi connectivity index (χ1) is 27.7. The second kappa shape index (κ2) is 12.7. The van der Waals surface area contributed by atoms with Crippen LogP contribution < -0.4 is 0 Å². The average Bonchev–Trinajstić information content (AvgIpc) is 3.26. The highest BCUT2D eigenvalue weighted by atomic mass is 15.0. The van der Waals surface area contributed by atoms with Crippen LogP contribution in [0.5, 0.6) is 0 Å². The summed E-state index contributed by atoms with van der Waals surface area (Å²) in [6.45, 7) is 0. The van der Waals surface area contributed by atoms with Gasteiger partial charge in [0.25, 0.3) is 0 Å². The monoisotopic (exact) mass is 644 g/mol. The highest BCUT2D eigenvalue weighted by Gasteiger charge is 2.17. The molecular weight excluding hydrogens is 607 g/mol. The molecule has 3 heteroatoms. The first-order valence-electron chi connectivity index (χ1n) is 19.8. The summed E-state index contributed by atoms with van der Waals surface area (Å²) in [7, 11) is 0. The van der Waals surface area contributed by atoms with E-state index in [2.05, 4.69) is 60.7 Å². The Labute approximate surface area is 301 Å². The third-order valence-corrected chi connectivity index (χ3v) is 8.86. The fourth-order valence-electron chi connectivity index (χ4n) is 6.41. The molecule has 0 fully saturated rings. The molecule has 0 spiro atoms. The van der Waals surface area contributed by atoms with E-state index in [-0.39, 0.29) is 34.2 Å². The summed E-state index contributed by atoms with van der Waals surface area (Å²) in [5.74, 6) is 1.09. The molecule has 0 aliphatic heterocycles. The number of hydrogen-bond donors (Lipinski definition) is 0. The van der Waals surface area contributed by atoms with Gasteiger partial charge < -0.3 is 0 Å². The zero-order valence-corrected chi connectivity index (χ0v) is 26.7. The molecule has 0 unspecified atom stereocenters. The van der Waals surface area contributed by atoms with Gasteiger partial charge in [-0.15, -0.1) is 0 Å². The number of rotatable bonds is 6. The Morgan fingerprint density at radius 3 is 1.80 bits per heavy atom. The number of fused-ring (bicyclic) bond motifs is 2. The minimum Gasteiger partial charge on any atom is -0.208 e. The molecule has 0 amide bonds. The van der Waals surface area contributed by atoms with Gasteiger partial charge in [0, 0.05) is 16.7 Å². The van der Waals surface area contributed by atoms with E-state index in [1.807, 2.05) is 60.7 Å². The molecule has 0 saturated heterocycles. The summed E-state index contributed by atoms with van der Waals surface area (Å²) in [5.41, 5.74) is 6.75. The number of benzene rings is 8. The standard InChI is InChI=1S/C47H31N3/c1-2-15-36(16-3-1)45-48-46(50-47(49-45)44-24-9-8-23-43(44)42-26-12-18-34-14-5-7-22-41(34)42)38-20-10-19-37(31-38)32-27-29-35(30-28-32)40-25-11-17-33-13-4-6-21-39(33)40/h1-31H/i5D,7D,12D,14D,18D,22D,26D. The molecule has 0 atom stereocenters. The summed E-state index contributed by atoms with van der Waals surface area (Å²) in [6.07, 6.45) is 0. The van der Waals surface area contributed by atoms with Gasteiger partial charge in [0.05, 0.1) is 9.60 Å². The summed E-state index contributed by atoms with van der Waals surface area (Å²) in [5, 5.41) is 2.27. The van der Waals surface area contributed by atoms with Crippen LogP contribution in [0.25, 0.3) is 89.1 Å². The van der Waals surface area contributed by atoms with Crippen LogP contribution in [-0.4, -0.2) is 15.0 Å². The molecule has 9 rings (SSSR count). The molecule has 50 heavy (non-hydrogen) atoms. The molecule has 3 nitrogen and oxygen atoms in total. The third-order valence-electron chi connectivity index (χ3n) is 8.86. The molecule has 1 heterocycles. The van der Waals surface area contributed by atoms with E-state index in [4.69, 9.17) is 24.5 Å². The van der Waals surface area contributed by atoms with E-state index in [0.717, 1.165) is 27.8 Å². The van der Waals surface area contributed by atoms with Crippen LogP contribution in [0.1, 0.15) is 9.60 Å². The summed E-state index contributed by atoms with van der Waals surface area (Å²) in [4.78, 5) is 14.9. The van der Waals surface area contributed by atoms with E-state index in [9.17, 15) is 0 Å². The molecule has 0 saturated carbocycles. The number of aromatic nitrogens is 3. The zero-order valence-electron chi connectivity index (χ0n) is 33.7. The van der Waals surface area contributed by atoms with Crippen molar-refractivity contribution in [2.45, 2.75) is 0 Å². The molecule has 0 radical (unpaired) electrons. The van der Waals surface area contributed by atoms with E-state index in [1.165, 1.54) is 16.3 Å². The number of nitrogens with zero attached hydrogens (tertiary/aromatic N) is 3. The lowest BCUT2D eigenvalue weighted by atomic mass is 9.94. The molecule has 0 bridgehead atoms. The van der Waals surface area contributed by atoms with Crippen LogP contribution in [0.4, 0.5) is 0 Å². The fourth-order valence-corrected chi connectivity index (χ4v) is 6.41. The van der Waals surface area contributed by atoms with E-state index in [0.29, 0.717) is 22.8 Å². The Hall–Kier alpha value is -6.71. The maximum atomic E-state index is 9.05. The normalized spacial score (nSPS) is 13.2. The van der Waals surface area contributed by atoms with Crippen molar-refractivity contribution in [3.8, 4) is 67.5 Å². The lowest BCUT2D eigenvalue weighted by Gasteiger charge is -2.14. The predicted octanol–water partition coefficient (Wildman–Crippen LogP) is 12.2. The summed E-state index contributed by atoms with van der Waals surface area (Å²) < 4.78 is 60.6. The van der Waals surface area contributed by atoms with Crippen LogP contribution in [0.3, 0.4) is 0 Å². The van der Waals surface area contributed by atoms with Crippen LogP contribution in [0.15, 0.2) is 188 Å². The van der Waals surface area contributed by atoms with Crippen LogP contribution >= 0.6 is 0 Å². The van der Waals surface area contributed by atoms with Crippen LogP contribution in [-0.2, 0) is 0 Å². The van der Waals surface area contributed by atoms with Gasteiger partial charge >= 0.3 is 0 Å². The molecule has 234 valence electrons. The van der Waals surface area contributed by atoms with Crippen molar-refractivity contribution in [2.24, 2.45) is 0 Å². The predicted molar refractivity (Wildman–Crippen MR) is 207 cm³/mol. The highest BCUT2D eigenvalue weighted by molar-refractivity contribution is 6.00. The van der Waals surface area contributed by atoms with Crippen LogP contribution in [0, 0.1) is 0 Å². The van der Waals surface area contributed by atoms with Crippen molar-refractivity contribution in [1.29, 1.82) is 0 Å². The largest absolute Gasteiger partial charge is 0.208 e. The first-order valence-corrected chi connectivity index (χ1v) is 16.3. The van der Waals surface area contributed by atoms with Gasteiger partial charge in [-0.2, -0.15) is 0 Å². The molecule has 0 aliphatic carbocycles. The second-order valence-electron chi connectivity index (χ2n) is 11.9. The Morgan fingerprint density at radius 2 is 0.920 bits per heavy atom. The van der Waals surface area contributed by atoms with Crippen molar-refractivity contribution >= 4 is 21.5 Å². The summed E-state index contributed by atoms with van der Waals surface area (Å²) >= 11 is 0. The van der Waals surface area contributed by atoms with Crippen molar-refractivity contribution in [2.75, 3.05) is 0 Å². The van der Waals surface area contributed by atoms with Crippen molar-refractivity contribution in [3.05, 3.63) is 188 Å². The summed E-state index contributed by atoms with van der Waals surface area (Å²) in [6, 6.07) is 44.8. The lowest BCUT2D eigenvalue weighted by Crippen LogP contribution is -2.01. The topological polar surface area (TPSA) is 38.7 Å². The molecule has 8 aromatic carbocycles. The van der Waals surface area contributed by atoms with Crippen molar-refractivity contribution < 1.29 is 9.60 Å². The first kappa shape index (κ1) is 22.8. The van der Waals surface area contributed by atoms with Gasteiger partial charge in [0.1, 0.15) is 0 Å². The van der Waals surface area contributed by atoms with Gasteiger partial charge in [0.2, 0.25) is 0 Å². The average molecular weight is 645 g/mol. The van der Waals surface area contributed by atoms with E-state index < -0.39 is 30.2 Å². The van der Waals surface area contributed by atoms with Gasteiger partial charge in [0.15, 0.2) is 17.5 Å². The minimum atomic E-state index is -0.505. The van der Waals surface area contributed by atoms with Crippen molar-refractivity contribution in [1.82, 2.24) is 15.0 Å². The lowest BCUT2D eigenvalue weighted by molar-refractivity contribution is 1.07. The third kappa shape index (κ3) is 5.51. The maximum Gasteiger partial charge on any atom is 0.164 e. The van der Waals surface area contributed by atoms with Crippen molar-refractivity contribution in [3.63, 3.8) is 0 Å². The maximum absolute atomic E-state index is 9.05. The fraction of sp³-hybridized carbons (Fsp3) is 0. The van der Waals surface area contributed by atoms with Crippen LogP contribution in [0.2, 0.25) is 0 Å². The molecule has 0 aliphatic rings. The second-order valence-corrected chi connectivity index (χ2v) is 11.9. The molecule has 1 aromatic heterocycles.